The van der Waals surface area contributed by atoms with E-state index in [0.717, 1.165) is 19.4 Å². The Balaban J connectivity index is 1.68. The number of aromatic nitrogens is 2. The Kier molecular flexibility index (Phi) is 5.79. The summed E-state index contributed by atoms with van der Waals surface area (Å²) in [5, 5.41) is 8.43. The van der Waals surface area contributed by atoms with Gasteiger partial charge < -0.3 is 10.1 Å². The summed E-state index contributed by atoms with van der Waals surface area (Å²) in [7, 11) is 0. The van der Waals surface area contributed by atoms with Gasteiger partial charge in [-0.25, -0.2) is 4.68 Å². The highest BCUT2D eigenvalue weighted by atomic mass is 32.1. The molecule has 1 aromatic heterocycles. The molecular formula is C17H21N5O3S. The predicted molar refractivity (Wildman–Crippen MR) is 102 cm³/mol. The van der Waals surface area contributed by atoms with Crippen LogP contribution in [0.3, 0.4) is 0 Å². The Labute approximate surface area is 155 Å². The fourth-order valence-electron chi connectivity index (χ4n) is 2.85. The van der Waals surface area contributed by atoms with Crippen molar-refractivity contribution in [1.29, 1.82) is 0 Å². The quantitative estimate of drug-likeness (QED) is 0.535. The first-order chi connectivity index (χ1) is 12.6. The Bertz CT molecular complexity index is 876. The van der Waals surface area contributed by atoms with E-state index in [1.807, 2.05) is 0 Å². The van der Waals surface area contributed by atoms with Crippen molar-refractivity contribution in [2.75, 3.05) is 13.2 Å². The number of ether oxygens (including phenoxy) is 1. The van der Waals surface area contributed by atoms with Gasteiger partial charge >= 0.3 is 0 Å². The minimum atomic E-state index is -0.468. The normalized spacial score (nSPS) is 16.4. The van der Waals surface area contributed by atoms with Crippen LogP contribution in [0.25, 0.3) is 10.8 Å². The van der Waals surface area contributed by atoms with Crippen LogP contribution in [-0.4, -0.2) is 40.1 Å². The third-order valence-corrected chi connectivity index (χ3v) is 4.43. The van der Waals surface area contributed by atoms with E-state index in [4.69, 9.17) is 17.0 Å². The second kappa shape index (κ2) is 8.24. The molecule has 0 aliphatic carbocycles. The van der Waals surface area contributed by atoms with Gasteiger partial charge in [0.1, 0.15) is 0 Å². The zero-order chi connectivity index (χ0) is 18.5. The third kappa shape index (κ3) is 4.00. The lowest BCUT2D eigenvalue weighted by atomic mass is 10.1. The molecule has 3 rings (SSSR count). The molecule has 1 fully saturated rings. The van der Waals surface area contributed by atoms with Crippen LogP contribution in [0.2, 0.25) is 0 Å². The molecular weight excluding hydrogens is 354 g/mol. The topological polar surface area (TPSA) is 97.3 Å². The minimum absolute atomic E-state index is 0.143. The van der Waals surface area contributed by atoms with Crippen molar-refractivity contribution in [1.82, 2.24) is 25.9 Å². The fourth-order valence-corrected chi connectivity index (χ4v) is 2.98. The van der Waals surface area contributed by atoms with Crippen LogP contribution in [0.1, 0.15) is 30.3 Å². The van der Waals surface area contributed by atoms with Crippen molar-refractivity contribution in [2.24, 2.45) is 0 Å². The Morgan fingerprint density at radius 3 is 2.81 bits per heavy atom. The highest BCUT2D eigenvalue weighted by molar-refractivity contribution is 7.80. The van der Waals surface area contributed by atoms with E-state index >= 15 is 0 Å². The fraction of sp³-hybridized carbons (Fsp3) is 0.412. The van der Waals surface area contributed by atoms with Crippen LogP contribution in [0.15, 0.2) is 29.1 Å². The number of fused-ring (bicyclic) bond motifs is 1. The van der Waals surface area contributed by atoms with Crippen molar-refractivity contribution >= 4 is 34.0 Å². The summed E-state index contributed by atoms with van der Waals surface area (Å²) < 4.78 is 6.77. The van der Waals surface area contributed by atoms with Crippen molar-refractivity contribution < 1.29 is 9.53 Å². The molecule has 1 aliphatic heterocycles. The molecule has 1 saturated heterocycles. The van der Waals surface area contributed by atoms with Gasteiger partial charge in [-0.3, -0.25) is 20.4 Å². The molecule has 2 heterocycles. The maximum atomic E-state index is 12.5. The van der Waals surface area contributed by atoms with Crippen LogP contribution in [-0.2, 0) is 11.3 Å². The van der Waals surface area contributed by atoms with Crippen molar-refractivity contribution in [2.45, 2.75) is 32.4 Å². The standard InChI is InChI=1S/C17H21N5O3S/c1-2-22-16(24)13-8-4-3-7-12(13)14(21-22)15(23)19-20-17(26)18-10-11-6-5-9-25-11/h3-4,7-8,11H,2,5-6,9-10H2,1H3,(H,19,23)(H2,18,20,26)/t11-/m0/s1. The predicted octanol–water partition coefficient (Wildman–Crippen LogP) is 0.704. The van der Waals surface area contributed by atoms with E-state index in [1.165, 1.54) is 4.68 Å². The van der Waals surface area contributed by atoms with Gasteiger partial charge in [0.25, 0.3) is 11.5 Å². The summed E-state index contributed by atoms with van der Waals surface area (Å²) in [5.41, 5.74) is 5.13. The van der Waals surface area contributed by atoms with Gasteiger partial charge in [0.2, 0.25) is 0 Å². The highest BCUT2D eigenvalue weighted by Crippen LogP contribution is 2.13. The number of carbonyl (C=O) groups is 1. The maximum Gasteiger partial charge on any atom is 0.290 e. The molecule has 2 aromatic rings. The van der Waals surface area contributed by atoms with Crippen LogP contribution < -0.4 is 21.7 Å². The number of carbonyl (C=O) groups excluding carboxylic acids is 1. The van der Waals surface area contributed by atoms with Gasteiger partial charge in [0.05, 0.1) is 11.5 Å². The summed E-state index contributed by atoms with van der Waals surface area (Å²) >= 11 is 5.15. The maximum absolute atomic E-state index is 12.5. The Morgan fingerprint density at radius 1 is 1.35 bits per heavy atom. The Morgan fingerprint density at radius 2 is 2.12 bits per heavy atom. The van der Waals surface area contributed by atoms with Gasteiger partial charge in [0, 0.05) is 25.1 Å². The zero-order valence-corrected chi connectivity index (χ0v) is 15.3. The molecule has 0 unspecified atom stereocenters. The number of benzene rings is 1. The van der Waals surface area contributed by atoms with Crippen molar-refractivity contribution in [3.63, 3.8) is 0 Å². The molecule has 26 heavy (non-hydrogen) atoms. The molecule has 8 nitrogen and oxygen atoms in total. The number of hydrogen-bond donors (Lipinski definition) is 3. The average Bonchev–Trinajstić information content (AvgIpc) is 3.18. The molecule has 138 valence electrons. The highest BCUT2D eigenvalue weighted by Gasteiger charge is 2.17. The number of hydrazine groups is 1. The summed E-state index contributed by atoms with van der Waals surface area (Å²) in [6.07, 6.45) is 2.19. The van der Waals surface area contributed by atoms with Crippen LogP contribution in [0, 0.1) is 0 Å². The van der Waals surface area contributed by atoms with E-state index < -0.39 is 5.91 Å². The Hall–Kier alpha value is -2.52. The SMILES string of the molecule is CCn1nc(C(=O)NNC(=S)NC[C@@H]2CCCO2)c2ccccc2c1=O. The number of aryl methyl sites for hydroxylation is 1. The number of rotatable bonds is 4. The lowest BCUT2D eigenvalue weighted by Crippen LogP contribution is -2.48. The largest absolute Gasteiger partial charge is 0.376 e. The second-order valence-corrected chi connectivity index (χ2v) is 6.35. The van der Waals surface area contributed by atoms with Crippen molar-refractivity contribution in [3.05, 3.63) is 40.3 Å². The van der Waals surface area contributed by atoms with Crippen molar-refractivity contribution in [3.8, 4) is 0 Å². The van der Waals surface area contributed by atoms with E-state index in [9.17, 15) is 9.59 Å². The molecule has 1 aromatic carbocycles. The summed E-state index contributed by atoms with van der Waals surface area (Å²) in [4.78, 5) is 24.9. The lowest BCUT2D eigenvalue weighted by Gasteiger charge is -2.15. The van der Waals surface area contributed by atoms with Gasteiger partial charge in [-0.1, -0.05) is 18.2 Å². The van der Waals surface area contributed by atoms with Gasteiger partial charge in [-0.05, 0) is 38.0 Å². The van der Waals surface area contributed by atoms with E-state index in [0.29, 0.717) is 29.0 Å². The van der Waals surface area contributed by atoms with Crippen LogP contribution >= 0.6 is 12.2 Å². The molecule has 0 saturated carbocycles. The lowest BCUT2D eigenvalue weighted by molar-refractivity contribution is 0.0937. The summed E-state index contributed by atoms with van der Waals surface area (Å²) in [6, 6.07) is 6.90. The van der Waals surface area contributed by atoms with E-state index in [1.54, 1.807) is 31.2 Å². The molecule has 1 atom stereocenters. The van der Waals surface area contributed by atoms with E-state index in [2.05, 4.69) is 21.3 Å². The first kappa shape index (κ1) is 18.3. The number of hydrogen-bond acceptors (Lipinski definition) is 5. The number of nitrogens with one attached hydrogen (secondary N) is 3. The van der Waals surface area contributed by atoms with Crippen LogP contribution in [0.5, 0.6) is 0 Å². The van der Waals surface area contributed by atoms with Gasteiger partial charge in [0.15, 0.2) is 10.8 Å². The molecule has 9 heteroatoms. The minimum Gasteiger partial charge on any atom is -0.376 e. The third-order valence-electron chi connectivity index (χ3n) is 4.19. The zero-order valence-electron chi connectivity index (χ0n) is 14.4. The average molecular weight is 375 g/mol. The number of nitrogens with zero attached hydrogens (tertiary/aromatic N) is 2. The van der Waals surface area contributed by atoms with Gasteiger partial charge in [-0.15, -0.1) is 0 Å². The summed E-state index contributed by atoms with van der Waals surface area (Å²) in [5.74, 6) is -0.468. The smallest absolute Gasteiger partial charge is 0.290 e. The number of thiocarbonyl (C=S) groups is 1. The summed E-state index contributed by atoms with van der Waals surface area (Å²) in [6.45, 7) is 3.53. The molecule has 0 spiro atoms. The van der Waals surface area contributed by atoms with Crippen LogP contribution in [0.4, 0.5) is 0 Å². The molecule has 0 radical (unpaired) electrons. The first-order valence-corrected chi connectivity index (χ1v) is 8.96. The monoisotopic (exact) mass is 375 g/mol. The first-order valence-electron chi connectivity index (χ1n) is 8.55. The molecule has 1 aliphatic rings. The molecule has 0 bridgehead atoms. The van der Waals surface area contributed by atoms with E-state index in [-0.39, 0.29) is 17.4 Å². The second-order valence-electron chi connectivity index (χ2n) is 5.94. The number of amides is 1. The molecule has 1 amide bonds. The molecule has 3 N–H and O–H groups in total. The van der Waals surface area contributed by atoms with Gasteiger partial charge in [-0.2, -0.15) is 5.10 Å².